The van der Waals surface area contributed by atoms with Gasteiger partial charge in [0.05, 0.1) is 12.2 Å². The lowest BCUT2D eigenvalue weighted by Gasteiger charge is -2.29. The quantitative estimate of drug-likeness (QED) is 0.515. The van der Waals surface area contributed by atoms with Crippen molar-refractivity contribution < 1.29 is 14.3 Å². The third kappa shape index (κ3) is 4.51. The number of benzene rings is 2. The van der Waals surface area contributed by atoms with E-state index in [9.17, 15) is 4.79 Å². The molecule has 0 fully saturated rings. The number of carbonyl (C=O) groups excluding carboxylic acids is 1. The molecule has 0 spiro atoms. The van der Waals surface area contributed by atoms with E-state index < -0.39 is 6.04 Å². The predicted molar refractivity (Wildman–Crippen MR) is 122 cm³/mol. The van der Waals surface area contributed by atoms with Crippen molar-refractivity contribution in [1.29, 1.82) is 0 Å². The summed E-state index contributed by atoms with van der Waals surface area (Å²) >= 11 is 0. The van der Waals surface area contributed by atoms with Gasteiger partial charge in [-0.25, -0.2) is 9.48 Å². The Morgan fingerprint density at radius 1 is 1.09 bits per heavy atom. The lowest BCUT2D eigenvalue weighted by molar-refractivity contribution is -0.139. The second kappa shape index (κ2) is 9.68. The van der Waals surface area contributed by atoms with E-state index in [-0.39, 0.29) is 5.97 Å². The summed E-state index contributed by atoms with van der Waals surface area (Å²) in [5.41, 5.74) is 3.43. The Hall–Kier alpha value is -3.61. The monoisotopic (exact) mass is 432 g/mol. The highest BCUT2D eigenvalue weighted by Crippen LogP contribution is 2.37. The number of nitrogens with zero attached hydrogens (tertiary/aromatic N) is 3. The molecule has 1 aliphatic heterocycles. The molecule has 1 atom stereocenters. The molecule has 1 N–H and O–H groups in total. The summed E-state index contributed by atoms with van der Waals surface area (Å²) in [6, 6.07) is 17.4. The molecule has 1 aromatic heterocycles. The molecule has 0 aliphatic carbocycles. The number of hydrogen-bond acceptors (Lipinski definition) is 6. The Balaban J connectivity index is 1.67. The summed E-state index contributed by atoms with van der Waals surface area (Å²) in [4.78, 5) is 17.5. The van der Waals surface area contributed by atoms with Crippen LogP contribution in [0.2, 0.25) is 0 Å². The Kier molecular flexibility index (Phi) is 6.54. The number of nitrogens with one attached hydrogen (secondary N) is 1. The molecule has 2 heterocycles. The molecule has 1 aliphatic rings. The van der Waals surface area contributed by atoms with Gasteiger partial charge in [0.15, 0.2) is 0 Å². The molecule has 7 nitrogen and oxygen atoms in total. The molecule has 0 bridgehead atoms. The zero-order valence-corrected chi connectivity index (χ0v) is 18.7. The van der Waals surface area contributed by atoms with Gasteiger partial charge in [-0.2, -0.15) is 10.1 Å². The normalized spacial score (nSPS) is 15.2. The van der Waals surface area contributed by atoms with Crippen LogP contribution in [0.4, 0.5) is 5.95 Å². The van der Waals surface area contributed by atoms with E-state index in [4.69, 9.17) is 9.47 Å². The maximum absolute atomic E-state index is 13.0. The largest absolute Gasteiger partial charge is 0.489 e. The maximum atomic E-state index is 13.0. The topological polar surface area (TPSA) is 78.3 Å². The van der Waals surface area contributed by atoms with Crippen LogP contribution in [-0.2, 0) is 16.1 Å². The van der Waals surface area contributed by atoms with Crippen LogP contribution < -0.4 is 10.1 Å². The minimum absolute atomic E-state index is 0.309. The van der Waals surface area contributed by atoms with Gasteiger partial charge in [-0.15, -0.1) is 0 Å². The van der Waals surface area contributed by atoms with E-state index in [1.165, 1.54) is 0 Å². The van der Waals surface area contributed by atoms with E-state index in [0.717, 1.165) is 35.4 Å². The second-order valence-electron chi connectivity index (χ2n) is 7.66. The second-order valence-corrected chi connectivity index (χ2v) is 7.66. The van der Waals surface area contributed by atoms with Gasteiger partial charge in [0.2, 0.25) is 5.95 Å². The third-order valence-corrected chi connectivity index (χ3v) is 5.28. The molecule has 0 radical (unpaired) electrons. The fourth-order valence-electron chi connectivity index (χ4n) is 3.87. The number of rotatable bonds is 8. The lowest BCUT2D eigenvalue weighted by atomic mass is 9.94. The molecule has 0 amide bonds. The highest BCUT2D eigenvalue weighted by Gasteiger charge is 2.35. The first-order chi connectivity index (χ1) is 15.6. The van der Waals surface area contributed by atoms with Crippen molar-refractivity contribution in [3.63, 3.8) is 0 Å². The molecule has 7 heteroatoms. The first kappa shape index (κ1) is 21.6. The van der Waals surface area contributed by atoms with Crippen LogP contribution >= 0.6 is 0 Å². The van der Waals surface area contributed by atoms with Crippen molar-refractivity contribution >= 4 is 11.9 Å². The molecule has 0 unspecified atom stereocenters. The predicted octanol–water partition coefficient (Wildman–Crippen LogP) is 4.80. The van der Waals surface area contributed by atoms with Gasteiger partial charge < -0.3 is 14.8 Å². The van der Waals surface area contributed by atoms with Gasteiger partial charge in [-0.3, -0.25) is 0 Å². The first-order valence-electron chi connectivity index (χ1n) is 11.0. The number of aromatic nitrogens is 3. The average molecular weight is 433 g/mol. The number of anilines is 1. The SMILES string of the molecule is CCCC1=C(C(=O)OCC)[C@@H](c2ccc(OCc3ccccc3)cc2)n2nc(C)nc2N1. The lowest BCUT2D eigenvalue weighted by Crippen LogP contribution is -2.30. The Labute approximate surface area is 188 Å². The van der Waals surface area contributed by atoms with Crippen molar-refractivity contribution in [3.05, 3.63) is 82.8 Å². The smallest absolute Gasteiger partial charge is 0.338 e. The third-order valence-electron chi connectivity index (χ3n) is 5.28. The van der Waals surface area contributed by atoms with Crippen LogP contribution in [0.3, 0.4) is 0 Å². The van der Waals surface area contributed by atoms with Gasteiger partial charge in [-0.1, -0.05) is 55.8 Å². The first-order valence-corrected chi connectivity index (χ1v) is 11.0. The van der Waals surface area contributed by atoms with Crippen molar-refractivity contribution in [3.8, 4) is 5.75 Å². The number of aryl methyl sites for hydroxylation is 1. The van der Waals surface area contributed by atoms with Crippen molar-refractivity contribution in [1.82, 2.24) is 14.8 Å². The highest BCUT2D eigenvalue weighted by atomic mass is 16.5. The molecule has 32 heavy (non-hydrogen) atoms. The fourth-order valence-corrected chi connectivity index (χ4v) is 3.87. The van der Waals surface area contributed by atoms with Crippen molar-refractivity contribution in [2.45, 2.75) is 46.3 Å². The van der Waals surface area contributed by atoms with Crippen molar-refractivity contribution in [2.75, 3.05) is 11.9 Å². The van der Waals surface area contributed by atoms with Crippen LogP contribution in [-0.4, -0.2) is 27.3 Å². The number of carbonyl (C=O) groups is 1. The number of esters is 1. The summed E-state index contributed by atoms with van der Waals surface area (Å²) in [7, 11) is 0. The molecule has 0 saturated heterocycles. The van der Waals surface area contributed by atoms with E-state index in [2.05, 4.69) is 22.3 Å². The zero-order valence-electron chi connectivity index (χ0n) is 18.7. The van der Waals surface area contributed by atoms with E-state index >= 15 is 0 Å². The Bertz CT molecular complexity index is 1100. The number of ether oxygens (including phenoxy) is 2. The molecule has 2 aromatic carbocycles. The van der Waals surface area contributed by atoms with Gasteiger partial charge in [0, 0.05) is 5.70 Å². The van der Waals surface area contributed by atoms with Gasteiger partial charge in [0.25, 0.3) is 0 Å². The summed E-state index contributed by atoms with van der Waals surface area (Å²) in [5, 5.41) is 7.87. The van der Waals surface area contributed by atoms with Crippen LogP contribution in [0.15, 0.2) is 65.9 Å². The minimum atomic E-state index is -0.420. The minimum Gasteiger partial charge on any atom is -0.489 e. The summed E-state index contributed by atoms with van der Waals surface area (Å²) in [5.74, 6) is 1.70. The van der Waals surface area contributed by atoms with Crippen LogP contribution in [0.1, 0.15) is 49.7 Å². The summed E-state index contributed by atoms with van der Waals surface area (Å²) in [6.45, 7) is 6.54. The molecular formula is C25H28N4O3. The number of allylic oxidation sites excluding steroid dienone is 1. The van der Waals surface area contributed by atoms with Crippen LogP contribution in [0.5, 0.6) is 5.75 Å². The molecule has 0 saturated carbocycles. The highest BCUT2D eigenvalue weighted by molar-refractivity contribution is 5.92. The Morgan fingerprint density at radius 2 is 1.84 bits per heavy atom. The van der Waals surface area contributed by atoms with E-state index in [1.807, 2.05) is 68.4 Å². The number of fused-ring (bicyclic) bond motifs is 1. The van der Waals surface area contributed by atoms with Crippen molar-refractivity contribution in [2.24, 2.45) is 0 Å². The van der Waals surface area contributed by atoms with Gasteiger partial charge in [-0.05, 0) is 43.5 Å². The standard InChI is InChI=1S/C25H28N4O3/c1-4-9-21-22(24(30)31-5-2)23(29-25(27-21)26-17(3)28-29)19-12-14-20(15-13-19)32-16-18-10-7-6-8-11-18/h6-8,10-15,23H,4-5,9,16H2,1-3H3,(H,26,27,28)/t23-/m1/s1. The van der Waals surface area contributed by atoms with Gasteiger partial charge in [0.1, 0.15) is 24.2 Å². The average Bonchev–Trinajstić information content (AvgIpc) is 3.18. The van der Waals surface area contributed by atoms with Crippen LogP contribution in [0, 0.1) is 6.92 Å². The maximum Gasteiger partial charge on any atom is 0.338 e. The molecule has 4 rings (SSSR count). The summed E-state index contributed by atoms with van der Waals surface area (Å²) < 4.78 is 13.1. The molecular weight excluding hydrogens is 404 g/mol. The molecule has 3 aromatic rings. The van der Waals surface area contributed by atoms with E-state index in [1.54, 1.807) is 4.68 Å². The fraction of sp³-hybridized carbons (Fsp3) is 0.320. The van der Waals surface area contributed by atoms with E-state index in [0.29, 0.717) is 30.6 Å². The van der Waals surface area contributed by atoms with Gasteiger partial charge >= 0.3 is 5.97 Å². The zero-order chi connectivity index (χ0) is 22.5. The molecule has 166 valence electrons. The Morgan fingerprint density at radius 3 is 2.53 bits per heavy atom. The summed E-state index contributed by atoms with van der Waals surface area (Å²) in [6.07, 6.45) is 1.60. The number of hydrogen-bond donors (Lipinski definition) is 1. The van der Waals surface area contributed by atoms with Crippen LogP contribution in [0.25, 0.3) is 0 Å².